The Morgan fingerprint density at radius 2 is 1.95 bits per heavy atom. The monoisotopic (exact) mass is 556 g/mol. The number of para-hydroxylation sites is 2. The molecule has 0 radical (unpaired) electrons. The van der Waals surface area contributed by atoms with E-state index in [2.05, 4.69) is 25.3 Å². The number of hydrogen-bond donors (Lipinski definition) is 2. The lowest BCUT2D eigenvalue weighted by Crippen LogP contribution is -2.42. The Bertz CT molecular complexity index is 1660. The van der Waals surface area contributed by atoms with Crippen LogP contribution in [0.5, 0.6) is 11.5 Å². The number of rotatable bonds is 7. The number of fused-ring (bicyclic) bond motifs is 1. The van der Waals surface area contributed by atoms with Crippen molar-refractivity contribution in [2.24, 2.45) is 5.92 Å². The second-order valence-electron chi connectivity index (χ2n) is 9.69. The molecule has 2 aromatic carbocycles. The van der Waals surface area contributed by atoms with Crippen molar-refractivity contribution in [2.45, 2.75) is 12.8 Å². The van der Waals surface area contributed by atoms with Crippen molar-refractivity contribution in [3.8, 4) is 22.9 Å². The summed E-state index contributed by atoms with van der Waals surface area (Å²) in [7, 11) is 0. The number of halogens is 2. The molecule has 1 unspecified atom stereocenters. The molecule has 5 aromatic rings. The Morgan fingerprint density at radius 1 is 1.12 bits per heavy atom. The maximum Gasteiger partial charge on any atom is 0.257 e. The minimum atomic E-state index is -0.546. The van der Waals surface area contributed by atoms with Crippen LogP contribution in [-0.2, 0) is 0 Å². The number of nitrogens with zero attached hydrogens (tertiary/aromatic N) is 4. The second-order valence-corrected chi connectivity index (χ2v) is 10.1. The third kappa shape index (κ3) is 5.46. The van der Waals surface area contributed by atoms with Crippen molar-refractivity contribution < 1.29 is 13.9 Å². The van der Waals surface area contributed by atoms with E-state index in [4.69, 9.17) is 16.3 Å². The van der Waals surface area contributed by atoms with Crippen LogP contribution in [0.3, 0.4) is 0 Å². The zero-order valence-corrected chi connectivity index (χ0v) is 22.2. The molecule has 1 saturated heterocycles. The summed E-state index contributed by atoms with van der Waals surface area (Å²) < 4.78 is 20.7. The normalized spacial score (nSPS) is 15.2. The quantitative estimate of drug-likeness (QED) is 0.235. The second kappa shape index (κ2) is 11.3. The molecule has 1 aliphatic rings. The lowest BCUT2D eigenvalue weighted by atomic mass is 9.97. The SMILES string of the molecule is O=C(c1ccccc1Oc1ccccc1)N1CCCC(CNc2nc(-c3c[nH]c4ncc(Cl)cc34)ncc2F)C1. The molecule has 0 spiro atoms. The molecule has 8 nitrogen and oxygen atoms in total. The van der Waals surface area contributed by atoms with Crippen molar-refractivity contribution >= 4 is 34.4 Å². The number of aromatic amines is 1. The van der Waals surface area contributed by atoms with Gasteiger partial charge in [0.15, 0.2) is 17.5 Å². The molecule has 4 heterocycles. The summed E-state index contributed by atoms with van der Waals surface area (Å²) in [4.78, 5) is 31.3. The number of H-pyrrole nitrogens is 1. The summed E-state index contributed by atoms with van der Waals surface area (Å²) in [6.45, 7) is 1.65. The number of aromatic nitrogens is 4. The van der Waals surface area contributed by atoms with E-state index in [0.29, 0.717) is 58.8 Å². The van der Waals surface area contributed by atoms with Crippen LogP contribution in [0.25, 0.3) is 22.4 Å². The van der Waals surface area contributed by atoms with Crippen LogP contribution in [0.1, 0.15) is 23.2 Å². The molecule has 3 aromatic heterocycles. The number of nitrogens with one attached hydrogen (secondary N) is 2. The van der Waals surface area contributed by atoms with E-state index in [0.717, 1.165) is 24.4 Å². The molecule has 1 aliphatic heterocycles. The number of likely N-dealkylation sites (tertiary alicyclic amines) is 1. The van der Waals surface area contributed by atoms with E-state index >= 15 is 0 Å². The Balaban J connectivity index is 1.14. The number of anilines is 1. The van der Waals surface area contributed by atoms with Gasteiger partial charge in [-0.05, 0) is 49.1 Å². The van der Waals surface area contributed by atoms with Gasteiger partial charge in [-0.1, -0.05) is 41.9 Å². The van der Waals surface area contributed by atoms with Crippen molar-refractivity contribution in [2.75, 3.05) is 25.0 Å². The van der Waals surface area contributed by atoms with Gasteiger partial charge in [-0.2, -0.15) is 0 Å². The number of piperidine rings is 1. The highest BCUT2D eigenvalue weighted by Gasteiger charge is 2.27. The molecule has 0 bridgehead atoms. The summed E-state index contributed by atoms with van der Waals surface area (Å²) in [5.74, 6) is 1.14. The van der Waals surface area contributed by atoms with E-state index in [-0.39, 0.29) is 17.6 Å². The number of pyridine rings is 1. The Kier molecular flexibility index (Phi) is 7.29. The van der Waals surface area contributed by atoms with E-state index in [1.165, 1.54) is 0 Å². The summed E-state index contributed by atoms with van der Waals surface area (Å²) >= 11 is 6.12. The topological polar surface area (TPSA) is 96.0 Å². The summed E-state index contributed by atoms with van der Waals surface area (Å²) in [5.41, 5.74) is 1.84. The molecule has 1 amide bonds. The first kappa shape index (κ1) is 25.8. The van der Waals surface area contributed by atoms with Crippen LogP contribution >= 0.6 is 11.6 Å². The van der Waals surface area contributed by atoms with Gasteiger partial charge in [0.2, 0.25) is 0 Å². The third-order valence-corrected chi connectivity index (χ3v) is 7.14. The lowest BCUT2D eigenvalue weighted by molar-refractivity contribution is 0.0677. The number of amides is 1. The Morgan fingerprint density at radius 3 is 2.83 bits per heavy atom. The number of ether oxygens (including phenoxy) is 1. The molecular formula is C30H26ClFN6O2. The largest absolute Gasteiger partial charge is 0.457 e. The maximum absolute atomic E-state index is 14.7. The smallest absolute Gasteiger partial charge is 0.257 e. The molecule has 1 fully saturated rings. The van der Waals surface area contributed by atoms with Crippen molar-refractivity contribution in [1.82, 2.24) is 24.8 Å². The average molecular weight is 557 g/mol. The highest BCUT2D eigenvalue weighted by molar-refractivity contribution is 6.31. The number of hydrogen-bond acceptors (Lipinski definition) is 6. The van der Waals surface area contributed by atoms with Gasteiger partial charge in [-0.25, -0.2) is 19.3 Å². The first-order valence-electron chi connectivity index (χ1n) is 13.1. The number of benzene rings is 2. The van der Waals surface area contributed by atoms with Gasteiger partial charge in [0.25, 0.3) is 5.91 Å². The van der Waals surface area contributed by atoms with Crippen LogP contribution in [0, 0.1) is 11.7 Å². The summed E-state index contributed by atoms with van der Waals surface area (Å²) in [6.07, 6.45) is 6.19. The van der Waals surface area contributed by atoms with Crippen LogP contribution < -0.4 is 10.1 Å². The van der Waals surface area contributed by atoms with Crippen LogP contribution in [0.2, 0.25) is 5.02 Å². The van der Waals surface area contributed by atoms with Crippen molar-refractivity contribution in [3.63, 3.8) is 0 Å². The third-order valence-electron chi connectivity index (χ3n) is 6.94. The van der Waals surface area contributed by atoms with Gasteiger partial charge in [-0.15, -0.1) is 0 Å². The predicted molar refractivity (Wildman–Crippen MR) is 152 cm³/mol. The van der Waals surface area contributed by atoms with E-state index in [1.807, 2.05) is 47.4 Å². The fraction of sp³-hybridized carbons (Fsp3) is 0.200. The fourth-order valence-corrected chi connectivity index (χ4v) is 5.12. The first-order valence-corrected chi connectivity index (χ1v) is 13.4. The van der Waals surface area contributed by atoms with Crippen molar-refractivity contribution in [1.29, 1.82) is 0 Å². The molecule has 10 heteroatoms. The molecule has 0 aliphatic carbocycles. The van der Waals surface area contributed by atoms with Gasteiger partial charge in [0.05, 0.1) is 16.8 Å². The zero-order chi connectivity index (χ0) is 27.5. The molecule has 2 N–H and O–H groups in total. The predicted octanol–water partition coefficient (Wildman–Crippen LogP) is 6.57. The van der Waals surface area contributed by atoms with Crippen LogP contribution in [0.4, 0.5) is 10.2 Å². The Hall–Kier alpha value is -4.50. The number of carbonyl (C=O) groups is 1. The average Bonchev–Trinajstić information content (AvgIpc) is 3.40. The van der Waals surface area contributed by atoms with Gasteiger partial charge >= 0.3 is 0 Å². The Labute approximate surface area is 235 Å². The van der Waals surface area contributed by atoms with Gasteiger partial charge in [-0.3, -0.25) is 4.79 Å². The highest BCUT2D eigenvalue weighted by Crippen LogP contribution is 2.30. The fourth-order valence-electron chi connectivity index (χ4n) is 4.96. The summed E-state index contributed by atoms with van der Waals surface area (Å²) in [6, 6.07) is 18.4. The van der Waals surface area contributed by atoms with Gasteiger partial charge in [0, 0.05) is 43.0 Å². The molecular weight excluding hydrogens is 531 g/mol. The minimum absolute atomic E-state index is 0.0849. The lowest BCUT2D eigenvalue weighted by Gasteiger charge is -2.33. The highest BCUT2D eigenvalue weighted by atomic mass is 35.5. The number of carbonyl (C=O) groups excluding carboxylic acids is 1. The molecule has 6 rings (SSSR count). The molecule has 0 saturated carbocycles. The van der Waals surface area contributed by atoms with Crippen LogP contribution in [-0.4, -0.2) is 50.4 Å². The van der Waals surface area contributed by atoms with Gasteiger partial charge in [0.1, 0.15) is 17.1 Å². The summed E-state index contributed by atoms with van der Waals surface area (Å²) in [5, 5.41) is 4.39. The molecule has 202 valence electrons. The maximum atomic E-state index is 14.7. The molecule has 40 heavy (non-hydrogen) atoms. The van der Waals surface area contributed by atoms with Gasteiger partial charge < -0.3 is 19.9 Å². The van der Waals surface area contributed by atoms with Crippen LogP contribution in [0.15, 0.2) is 79.3 Å². The molecule has 1 atom stereocenters. The van der Waals surface area contributed by atoms with E-state index < -0.39 is 5.82 Å². The van der Waals surface area contributed by atoms with E-state index in [1.54, 1.807) is 30.6 Å². The first-order chi connectivity index (χ1) is 19.5. The minimum Gasteiger partial charge on any atom is -0.457 e. The van der Waals surface area contributed by atoms with Crippen molar-refractivity contribution in [3.05, 3.63) is 95.7 Å². The van der Waals surface area contributed by atoms with E-state index in [9.17, 15) is 9.18 Å². The zero-order valence-electron chi connectivity index (χ0n) is 21.5. The standard InChI is InChI=1S/C30H26ClFN6O2/c31-20-13-23-24(16-35-27(23)34-15-20)28-36-17-25(32)29(37-28)33-14-19-7-6-12-38(18-19)30(39)22-10-4-5-11-26(22)40-21-8-2-1-3-9-21/h1-5,8-11,13,15-17,19H,6-7,12,14,18H2,(H,34,35)(H,33,36,37).